The number of nitrogens with one attached hydrogen (secondary N) is 1. The molecule has 30 heavy (non-hydrogen) atoms. The maximum absolute atomic E-state index is 12.6. The summed E-state index contributed by atoms with van der Waals surface area (Å²) in [5, 5.41) is 11.9. The van der Waals surface area contributed by atoms with Crippen LogP contribution in [0.15, 0.2) is 36.4 Å². The van der Waals surface area contributed by atoms with Crippen LogP contribution in [0.2, 0.25) is 0 Å². The van der Waals surface area contributed by atoms with Gasteiger partial charge in [-0.15, -0.1) is 13.2 Å². The monoisotopic (exact) mass is 436 g/mol. The van der Waals surface area contributed by atoms with Crippen LogP contribution in [-0.2, 0) is 6.42 Å². The van der Waals surface area contributed by atoms with Crippen LogP contribution in [0.3, 0.4) is 0 Å². The third-order valence-electron chi connectivity index (χ3n) is 3.71. The molecule has 10 heteroatoms. The van der Waals surface area contributed by atoms with Gasteiger partial charge in [0.25, 0.3) is 5.91 Å². The lowest BCUT2D eigenvalue weighted by Crippen LogP contribution is -2.16. The van der Waals surface area contributed by atoms with Crippen molar-refractivity contribution in [2.75, 3.05) is 11.9 Å². The Morgan fingerprint density at radius 2 is 2.00 bits per heavy atom. The molecule has 1 amide bonds. The molecule has 0 spiro atoms. The summed E-state index contributed by atoms with van der Waals surface area (Å²) in [4.78, 5) is 16.8. The van der Waals surface area contributed by atoms with Crippen molar-refractivity contribution in [1.82, 2.24) is 4.98 Å². The zero-order chi connectivity index (χ0) is 22.3. The van der Waals surface area contributed by atoms with E-state index in [0.29, 0.717) is 39.9 Å². The number of amides is 1. The fourth-order valence-electron chi connectivity index (χ4n) is 2.57. The van der Waals surface area contributed by atoms with E-state index in [4.69, 9.17) is 11.0 Å². The molecule has 3 N–H and O–H groups in total. The van der Waals surface area contributed by atoms with Crippen molar-refractivity contribution in [3.05, 3.63) is 53.1 Å². The Morgan fingerprint density at radius 3 is 2.63 bits per heavy atom. The molecule has 6 nitrogen and oxygen atoms in total. The second kappa shape index (κ2) is 10.0. The van der Waals surface area contributed by atoms with Crippen LogP contribution in [0.4, 0.5) is 18.3 Å². The predicted molar refractivity (Wildman–Crippen MR) is 110 cm³/mol. The normalized spacial score (nSPS) is 10.7. The summed E-state index contributed by atoms with van der Waals surface area (Å²) in [6.45, 7) is 4.30. The number of nitriles is 1. The molecule has 0 fully saturated rings. The highest BCUT2D eigenvalue weighted by Gasteiger charge is 2.31. The topological polar surface area (TPSA) is 101 Å². The zero-order valence-corrected chi connectivity index (χ0v) is 17.0. The number of fused-ring (bicyclic) bond motifs is 1. The highest BCUT2D eigenvalue weighted by atomic mass is 32.1. The van der Waals surface area contributed by atoms with E-state index in [2.05, 4.69) is 15.0 Å². The van der Waals surface area contributed by atoms with E-state index in [9.17, 15) is 18.0 Å². The number of thiazole rings is 1. The van der Waals surface area contributed by atoms with Crippen molar-refractivity contribution in [1.29, 1.82) is 5.26 Å². The molecular weight excluding hydrogens is 417 g/mol. The molecule has 3 aromatic rings. The summed E-state index contributed by atoms with van der Waals surface area (Å²) < 4.78 is 41.3. The molecule has 3 rings (SSSR count). The van der Waals surface area contributed by atoms with Gasteiger partial charge in [-0.1, -0.05) is 25.2 Å². The van der Waals surface area contributed by atoms with Crippen LogP contribution in [0.25, 0.3) is 10.2 Å². The Kier molecular flexibility index (Phi) is 7.74. The van der Waals surface area contributed by atoms with Crippen molar-refractivity contribution < 1.29 is 22.7 Å². The molecule has 0 radical (unpaired) electrons. The maximum atomic E-state index is 12.6. The van der Waals surface area contributed by atoms with E-state index in [0.717, 1.165) is 17.4 Å². The maximum Gasteiger partial charge on any atom is 0.573 e. The standard InChI is InChI=1S/C18H13F3N4O2S.C2H6/c19-18(20,21)27-12-2-4-14-15(8-12)28-17(24-14)25-16(26)13-3-1-10(9-23)7-11(13)5-6-22;1-2/h1-4,7-8H,5-6,22H2,(H,24,25,26);1-2H3. The third-order valence-corrected chi connectivity index (χ3v) is 4.64. The fraction of sp³-hybridized carbons (Fsp3) is 0.250. The Morgan fingerprint density at radius 1 is 1.27 bits per heavy atom. The summed E-state index contributed by atoms with van der Waals surface area (Å²) in [6, 6.07) is 10.4. The minimum absolute atomic E-state index is 0.229. The SMILES string of the molecule is CC.N#Cc1ccc(C(=O)Nc2nc3ccc(OC(F)(F)F)cc3s2)c(CCN)c1. The van der Waals surface area contributed by atoms with Gasteiger partial charge in [0.15, 0.2) is 5.13 Å². The number of nitrogens with two attached hydrogens (primary N) is 1. The van der Waals surface area contributed by atoms with E-state index < -0.39 is 12.3 Å². The first-order chi connectivity index (χ1) is 14.3. The number of hydrogen-bond acceptors (Lipinski definition) is 6. The van der Waals surface area contributed by atoms with E-state index >= 15 is 0 Å². The number of halogens is 3. The van der Waals surface area contributed by atoms with Crippen LogP contribution in [-0.4, -0.2) is 23.8 Å². The Labute approximate surface area is 175 Å². The zero-order valence-electron chi connectivity index (χ0n) is 16.2. The summed E-state index contributed by atoms with van der Waals surface area (Å²) in [5.41, 5.74) is 7.39. The molecule has 0 saturated heterocycles. The second-order valence-corrected chi connectivity index (χ2v) is 6.70. The second-order valence-electron chi connectivity index (χ2n) is 5.67. The van der Waals surface area contributed by atoms with Crippen molar-refractivity contribution in [3.8, 4) is 11.8 Å². The molecule has 0 atom stereocenters. The van der Waals surface area contributed by atoms with Gasteiger partial charge in [-0.3, -0.25) is 10.1 Å². The number of hydrogen-bond donors (Lipinski definition) is 2. The lowest BCUT2D eigenvalue weighted by molar-refractivity contribution is -0.274. The van der Waals surface area contributed by atoms with Crippen molar-refractivity contribution in [2.45, 2.75) is 26.6 Å². The van der Waals surface area contributed by atoms with Crippen LogP contribution in [0.5, 0.6) is 5.75 Å². The van der Waals surface area contributed by atoms with Gasteiger partial charge in [-0.05, 0) is 48.9 Å². The Bertz CT molecular complexity index is 1070. The average molecular weight is 436 g/mol. The van der Waals surface area contributed by atoms with Crippen molar-refractivity contribution >= 4 is 32.6 Å². The summed E-state index contributed by atoms with van der Waals surface area (Å²) in [6.07, 6.45) is -4.37. The van der Waals surface area contributed by atoms with Gasteiger partial charge in [0.2, 0.25) is 0 Å². The van der Waals surface area contributed by atoms with E-state index in [1.54, 1.807) is 6.07 Å². The molecule has 158 valence electrons. The van der Waals surface area contributed by atoms with E-state index in [1.165, 1.54) is 24.3 Å². The first-order valence-electron chi connectivity index (χ1n) is 9.00. The smallest absolute Gasteiger partial charge is 0.406 e. The number of ether oxygens (including phenoxy) is 1. The number of carbonyl (C=O) groups is 1. The quantitative estimate of drug-likeness (QED) is 0.596. The number of anilines is 1. The molecule has 1 heterocycles. The minimum atomic E-state index is -4.79. The van der Waals surface area contributed by atoms with Crippen molar-refractivity contribution in [2.24, 2.45) is 5.73 Å². The van der Waals surface area contributed by atoms with Gasteiger partial charge in [0.1, 0.15) is 5.75 Å². The number of nitrogens with zero attached hydrogens (tertiary/aromatic N) is 2. The molecule has 1 aromatic heterocycles. The van der Waals surface area contributed by atoms with Crippen LogP contribution >= 0.6 is 11.3 Å². The third kappa shape index (κ3) is 5.92. The summed E-state index contributed by atoms with van der Waals surface area (Å²) >= 11 is 1.02. The number of aromatic nitrogens is 1. The Balaban J connectivity index is 0.00000155. The highest BCUT2D eigenvalue weighted by molar-refractivity contribution is 7.22. The molecule has 0 saturated carbocycles. The lowest BCUT2D eigenvalue weighted by Gasteiger charge is -2.08. The highest BCUT2D eigenvalue weighted by Crippen LogP contribution is 2.32. The van der Waals surface area contributed by atoms with E-state index in [1.807, 2.05) is 19.9 Å². The molecular formula is C20H19F3N4O2S. The van der Waals surface area contributed by atoms with Gasteiger partial charge in [0, 0.05) is 11.6 Å². The number of alkyl halides is 3. The van der Waals surface area contributed by atoms with Gasteiger partial charge in [0.05, 0.1) is 21.8 Å². The molecule has 2 aromatic carbocycles. The minimum Gasteiger partial charge on any atom is -0.406 e. The van der Waals surface area contributed by atoms with Gasteiger partial charge < -0.3 is 10.5 Å². The fourth-order valence-corrected chi connectivity index (χ4v) is 3.46. The van der Waals surface area contributed by atoms with Crippen LogP contribution in [0, 0.1) is 11.3 Å². The molecule has 0 bridgehead atoms. The molecule has 0 aliphatic carbocycles. The number of benzene rings is 2. The first kappa shape index (κ1) is 23.1. The van der Waals surface area contributed by atoms with Gasteiger partial charge in [-0.2, -0.15) is 5.26 Å². The summed E-state index contributed by atoms with van der Waals surface area (Å²) in [7, 11) is 0. The van der Waals surface area contributed by atoms with Crippen LogP contribution in [0.1, 0.15) is 35.3 Å². The van der Waals surface area contributed by atoms with Gasteiger partial charge in [-0.25, -0.2) is 4.98 Å². The van der Waals surface area contributed by atoms with Crippen molar-refractivity contribution in [3.63, 3.8) is 0 Å². The Hall–Kier alpha value is -3.16. The van der Waals surface area contributed by atoms with E-state index in [-0.39, 0.29) is 10.9 Å². The predicted octanol–water partition coefficient (Wildman–Crippen LogP) is 4.85. The molecule has 0 unspecified atom stereocenters. The number of rotatable bonds is 5. The molecule has 0 aliphatic rings. The first-order valence-corrected chi connectivity index (χ1v) is 9.81. The number of carbonyl (C=O) groups excluding carboxylic acids is 1. The largest absolute Gasteiger partial charge is 0.573 e. The molecule has 0 aliphatic heterocycles. The van der Waals surface area contributed by atoms with Gasteiger partial charge >= 0.3 is 6.36 Å². The lowest BCUT2D eigenvalue weighted by atomic mass is 10.0. The summed E-state index contributed by atoms with van der Waals surface area (Å²) in [5.74, 6) is -0.808. The van der Waals surface area contributed by atoms with Crippen LogP contribution < -0.4 is 15.8 Å². The average Bonchev–Trinajstić information content (AvgIpc) is 3.09.